The predicted molar refractivity (Wildman–Crippen MR) is 64.0 cm³/mol. The van der Waals surface area contributed by atoms with E-state index in [0.29, 0.717) is 6.42 Å². The molecule has 0 spiro atoms. The van der Waals surface area contributed by atoms with Crippen LogP contribution in [-0.2, 0) is 24.1 Å². The summed E-state index contributed by atoms with van der Waals surface area (Å²) in [5, 5.41) is 0. The van der Waals surface area contributed by atoms with Crippen molar-refractivity contribution in [1.82, 2.24) is 0 Å². The van der Waals surface area contributed by atoms with E-state index in [0.717, 1.165) is 18.5 Å². The molecule has 0 atom stereocenters. The van der Waals surface area contributed by atoms with E-state index in [9.17, 15) is 4.79 Å². The fourth-order valence-corrected chi connectivity index (χ4v) is 2.41. The van der Waals surface area contributed by atoms with E-state index in [1.54, 1.807) is 7.11 Å². The fourth-order valence-electron chi connectivity index (χ4n) is 2.41. The molecule has 86 valence electrons. The summed E-state index contributed by atoms with van der Waals surface area (Å²) >= 11 is 0. The smallest absolute Gasteiger partial charge is 0.122 e. The monoisotopic (exact) mass is 218 g/mol. The Morgan fingerprint density at radius 3 is 2.56 bits per heavy atom. The summed E-state index contributed by atoms with van der Waals surface area (Å²) in [5.41, 5.74) is 4.06. The first-order valence-electron chi connectivity index (χ1n) is 5.97. The molecule has 1 aliphatic carbocycles. The summed E-state index contributed by atoms with van der Waals surface area (Å²) in [4.78, 5) is 10.4. The molecule has 0 fully saturated rings. The van der Waals surface area contributed by atoms with Crippen LogP contribution < -0.4 is 4.74 Å². The van der Waals surface area contributed by atoms with Crippen LogP contribution in [0.25, 0.3) is 0 Å². The van der Waals surface area contributed by atoms with E-state index >= 15 is 0 Å². The average Bonchev–Trinajstić information content (AvgIpc) is 2.35. The molecule has 2 nitrogen and oxygen atoms in total. The quantitative estimate of drug-likeness (QED) is 0.726. The summed E-state index contributed by atoms with van der Waals surface area (Å²) in [6.07, 6.45) is 7.25. The summed E-state index contributed by atoms with van der Waals surface area (Å²) < 4.78 is 5.39. The van der Waals surface area contributed by atoms with Crippen LogP contribution in [0.15, 0.2) is 12.1 Å². The number of rotatable bonds is 4. The molecule has 0 saturated carbocycles. The maximum absolute atomic E-state index is 10.4. The zero-order valence-corrected chi connectivity index (χ0v) is 9.79. The van der Waals surface area contributed by atoms with Crippen molar-refractivity contribution in [2.24, 2.45) is 0 Å². The van der Waals surface area contributed by atoms with Gasteiger partial charge in [-0.05, 0) is 54.9 Å². The minimum atomic E-state index is 0.579. The van der Waals surface area contributed by atoms with Crippen LogP contribution >= 0.6 is 0 Å². The van der Waals surface area contributed by atoms with E-state index in [1.807, 2.05) is 0 Å². The molecule has 0 aliphatic heterocycles. The van der Waals surface area contributed by atoms with Gasteiger partial charge in [-0.25, -0.2) is 0 Å². The van der Waals surface area contributed by atoms with Crippen molar-refractivity contribution in [1.29, 1.82) is 0 Å². The lowest BCUT2D eigenvalue weighted by molar-refractivity contribution is -0.107. The highest BCUT2D eigenvalue weighted by Gasteiger charge is 2.13. The van der Waals surface area contributed by atoms with Gasteiger partial charge in [0.2, 0.25) is 0 Å². The summed E-state index contributed by atoms with van der Waals surface area (Å²) in [5.74, 6) is 0.947. The zero-order valence-electron chi connectivity index (χ0n) is 9.79. The summed E-state index contributed by atoms with van der Waals surface area (Å²) in [6.45, 7) is 0. The molecule has 0 aromatic heterocycles. The number of aldehydes is 1. The molecule has 2 heteroatoms. The second-order valence-electron chi connectivity index (χ2n) is 4.35. The average molecular weight is 218 g/mol. The zero-order chi connectivity index (χ0) is 11.4. The molecule has 2 rings (SSSR count). The minimum absolute atomic E-state index is 0.579. The largest absolute Gasteiger partial charge is 0.496 e. The van der Waals surface area contributed by atoms with Gasteiger partial charge in [-0.1, -0.05) is 6.07 Å². The number of carbonyl (C=O) groups excluding carboxylic acids is 1. The molecule has 0 radical (unpaired) electrons. The summed E-state index contributed by atoms with van der Waals surface area (Å²) in [6, 6.07) is 4.39. The maximum Gasteiger partial charge on any atom is 0.122 e. The second kappa shape index (κ2) is 5.15. The molecule has 0 N–H and O–H groups in total. The first-order valence-corrected chi connectivity index (χ1v) is 5.97. The van der Waals surface area contributed by atoms with Crippen molar-refractivity contribution in [3.63, 3.8) is 0 Å². The Kier molecular flexibility index (Phi) is 3.60. The van der Waals surface area contributed by atoms with E-state index in [-0.39, 0.29) is 0 Å². The SMILES string of the molecule is COc1cc2c(cc1CCC=O)CCCC2. The van der Waals surface area contributed by atoms with Gasteiger partial charge < -0.3 is 9.53 Å². The number of methoxy groups -OCH3 is 1. The minimum Gasteiger partial charge on any atom is -0.496 e. The Hall–Kier alpha value is -1.31. The van der Waals surface area contributed by atoms with Crippen LogP contribution in [-0.4, -0.2) is 13.4 Å². The molecule has 16 heavy (non-hydrogen) atoms. The number of carbonyl (C=O) groups is 1. The van der Waals surface area contributed by atoms with Gasteiger partial charge >= 0.3 is 0 Å². The topological polar surface area (TPSA) is 26.3 Å². The number of fused-ring (bicyclic) bond motifs is 1. The first-order chi connectivity index (χ1) is 7.85. The molecule has 1 aromatic rings. The van der Waals surface area contributed by atoms with Crippen molar-refractivity contribution < 1.29 is 9.53 Å². The third kappa shape index (κ3) is 2.26. The van der Waals surface area contributed by atoms with Gasteiger partial charge in [0.25, 0.3) is 0 Å². The molecule has 0 bridgehead atoms. The highest BCUT2D eigenvalue weighted by molar-refractivity contribution is 5.52. The number of aryl methyl sites for hydroxylation is 3. The summed E-state index contributed by atoms with van der Waals surface area (Å²) in [7, 11) is 1.70. The molecule has 1 aliphatic rings. The van der Waals surface area contributed by atoms with Gasteiger partial charge in [-0.15, -0.1) is 0 Å². The number of hydrogen-bond acceptors (Lipinski definition) is 2. The lowest BCUT2D eigenvalue weighted by Crippen LogP contribution is -2.05. The van der Waals surface area contributed by atoms with Gasteiger partial charge in [0.05, 0.1) is 7.11 Å². The van der Waals surface area contributed by atoms with Crippen molar-refractivity contribution in [2.75, 3.05) is 7.11 Å². The third-order valence-electron chi connectivity index (χ3n) is 3.28. The molecule has 0 amide bonds. The number of ether oxygens (including phenoxy) is 1. The normalized spacial score (nSPS) is 14.3. The van der Waals surface area contributed by atoms with Gasteiger partial charge in [-0.3, -0.25) is 0 Å². The standard InChI is InChI=1S/C14H18O2/c1-16-14-10-12-6-3-2-5-11(12)9-13(14)7-4-8-15/h8-10H,2-7H2,1H3. The van der Waals surface area contributed by atoms with Gasteiger partial charge in [-0.2, -0.15) is 0 Å². The van der Waals surface area contributed by atoms with E-state index in [4.69, 9.17) is 4.74 Å². The van der Waals surface area contributed by atoms with Crippen LogP contribution in [0.4, 0.5) is 0 Å². The van der Waals surface area contributed by atoms with Gasteiger partial charge in [0.15, 0.2) is 0 Å². The van der Waals surface area contributed by atoms with E-state index in [1.165, 1.54) is 42.4 Å². The van der Waals surface area contributed by atoms with Crippen molar-refractivity contribution in [3.05, 3.63) is 28.8 Å². The Morgan fingerprint density at radius 2 is 1.94 bits per heavy atom. The van der Waals surface area contributed by atoms with E-state index < -0.39 is 0 Å². The lowest BCUT2D eigenvalue weighted by Gasteiger charge is -2.19. The molecule has 0 saturated heterocycles. The second-order valence-corrected chi connectivity index (χ2v) is 4.35. The molecule has 1 aromatic carbocycles. The third-order valence-corrected chi connectivity index (χ3v) is 3.28. The first kappa shape index (κ1) is 11.2. The van der Waals surface area contributed by atoms with Crippen molar-refractivity contribution in [3.8, 4) is 5.75 Å². The highest BCUT2D eigenvalue weighted by atomic mass is 16.5. The van der Waals surface area contributed by atoms with Crippen LogP contribution in [0.3, 0.4) is 0 Å². The Morgan fingerprint density at radius 1 is 1.25 bits per heavy atom. The predicted octanol–water partition coefficient (Wildman–Crippen LogP) is 2.71. The highest BCUT2D eigenvalue weighted by Crippen LogP contribution is 2.29. The van der Waals surface area contributed by atoms with Crippen LogP contribution in [0.1, 0.15) is 36.0 Å². The maximum atomic E-state index is 10.4. The van der Waals surface area contributed by atoms with Crippen molar-refractivity contribution >= 4 is 6.29 Å². The van der Waals surface area contributed by atoms with Gasteiger partial charge in [0.1, 0.15) is 12.0 Å². The molecule has 0 heterocycles. The Bertz CT molecular complexity index is 383. The van der Waals surface area contributed by atoms with Crippen molar-refractivity contribution in [2.45, 2.75) is 38.5 Å². The van der Waals surface area contributed by atoms with Crippen LogP contribution in [0.2, 0.25) is 0 Å². The van der Waals surface area contributed by atoms with Crippen LogP contribution in [0, 0.1) is 0 Å². The molecule has 0 unspecified atom stereocenters. The van der Waals surface area contributed by atoms with Crippen LogP contribution in [0.5, 0.6) is 5.75 Å². The fraction of sp³-hybridized carbons (Fsp3) is 0.500. The molecular weight excluding hydrogens is 200 g/mol. The number of benzene rings is 1. The Labute approximate surface area is 96.6 Å². The van der Waals surface area contributed by atoms with Gasteiger partial charge in [0, 0.05) is 6.42 Å². The van der Waals surface area contributed by atoms with E-state index in [2.05, 4.69) is 12.1 Å². The Balaban J connectivity index is 2.31. The number of hydrogen-bond donors (Lipinski definition) is 0. The molecular formula is C14H18O2. The lowest BCUT2D eigenvalue weighted by atomic mass is 9.89.